The van der Waals surface area contributed by atoms with Crippen LogP contribution >= 0.6 is 0 Å². The minimum absolute atomic E-state index is 0.377. The van der Waals surface area contributed by atoms with Gasteiger partial charge in [0.15, 0.2) is 0 Å². The van der Waals surface area contributed by atoms with E-state index < -0.39 is 0 Å². The average molecular weight is 403 g/mol. The number of nitrogens with zero attached hydrogens (tertiary/aromatic N) is 3. The molecule has 0 radical (unpaired) electrons. The third-order valence-corrected chi connectivity index (χ3v) is 6.33. The predicted octanol–water partition coefficient (Wildman–Crippen LogP) is 5.60. The molecule has 31 heavy (non-hydrogen) atoms. The summed E-state index contributed by atoms with van der Waals surface area (Å²) in [6, 6.07) is 24.3. The zero-order chi connectivity index (χ0) is 21.3. The summed E-state index contributed by atoms with van der Waals surface area (Å²) >= 11 is 0. The molecule has 2 aliphatic rings. The summed E-state index contributed by atoms with van der Waals surface area (Å²) in [5.74, 6) is 0.778. The van der Waals surface area contributed by atoms with Gasteiger partial charge in [0.25, 0.3) is 0 Å². The summed E-state index contributed by atoms with van der Waals surface area (Å²) in [6.07, 6.45) is 6.46. The van der Waals surface area contributed by atoms with E-state index in [0.29, 0.717) is 12.0 Å². The van der Waals surface area contributed by atoms with Crippen molar-refractivity contribution in [1.29, 1.82) is 10.5 Å². The van der Waals surface area contributed by atoms with Crippen LogP contribution in [0.4, 0.5) is 0 Å². The fourth-order valence-corrected chi connectivity index (χ4v) is 4.87. The van der Waals surface area contributed by atoms with Crippen molar-refractivity contribution in [3.63, 3.8) is 0 Å². The predicted molar refractivity (Wildman–Crippen MR) is 120 cm³/mol. The zero-order valence-electron chi connectivity index (χ0n) is 17.1. The van der Waals surface area contributed by atoms with Gasteiger partial charge in [-0.3, -0.25) is 0 Å². The lowest BCUT2D eigenvalue weighted by Gasteiger charge is -2.39. The van der Waals surface area contributed by atoms with Gasteiger partial charge in [-0.2, -0.15) is 15.5 Å². The molecule has 3 aromatic rings. The second-order valence-electron chi connectivity index (χ2n) is 8.32. The largest absolute Gasteiger partial charge is 0.486 e. The van der Waals surface area contributed by atoms with E-state index in [0.717, 1.165) is 53.8 Å². The van der Waals surface area contributed by atoms with Gasteiger partial charge >= 0.3 is 0 Å². The standard InChI is InChI=1S/C27H21N3O/c28-17-19-5-3-8-21(13-19)22-10-11-26-24(14-22)25(30-18-29)16-27(31-26)12-4-9-20-6-1-2-7-23(20)15-27/h1-3,5-8,10-11,13-14H,4,9,12,15-16H2. The molecule has 1 aliphatic carbocycles. The fraction of sp³-hybridized carbons (Fsp3) is 0.222. The molecule has 0 N–H and O–H groups in total. The van der Waals surface area contributed by atoms with E-state index in [2.05, 4.69) is 35.3 Å². The number of nitriles is 2. The van der Waals surface area contributed by atoms with Crippen molar-refractivity contribution >= 4 is 5.71 Å². The highest BCUT2D eigenvalue weighted by molar-refractivity contribution is 6.05. The van der Waals surface area contributed by atoms with Crippen molar-refractivity contribution in [2.75, 3.05) is 0 Å². The van der Waals surface area contributed by atoms with E-state index in [1.165, 1.54) is 11.1 Å². The van der Waals surface area contributed by atoms with Crippen LogP contribution in [0, 0.1) is 22.8 Å². The molecule has 1 spiro atoms. The van der Waals surface area contributed by atoms with Gasteiger partial charge in [-0.1, -0.05) is 42.5 Å². The summed E-state index contributed by atoms with van der Waals surface area (Å²) < 4.78 is 6.67. The van der Waals surface area contributed by atoms with Gasteiger partial charge in [-0.15, -0.1) is 0 Å². The first kappa shape index (κ1) is 19.1. The molecular weight excluding hydrogens is 382 g/mol. The molecule has 150 valence electrons. The highest BCUT2D eigenvalue weighted by Crippen LogP contribution is 2.42. The van der Waals surface area contributed by atoms with Crippen LogP contribution in [0.5, 0.6) is 5.75 Å². The molecule has 1 aliphatic heterocycles. The summed E-state index contributed by atoms with van der Waals surface area (Å²) in [5.41, 5.74) is 6.54. The highest BCUT2D eigenvalue weighted by Gasteiger charge is 2.41. The van der Waals surface area contributed by atoms with Gasteiger partial charge in [0.05, 0.1) is 17.3 Å². The first-order valence-corrected chi connectivity index (χ1v) is 10.6. The Labute approximate surface area is 182 Å². The van der Waals surface area contributed by atoms with Gasteiger partial charge in [0, 0.05) is 18.4 Å². The molecule has 3 aromatic carbocycles. The second kappa shape index (κ2) is 7.74. The molecule has 0 fully saturated rings. The molecule has 0 aromatic heterocycles. The van der Waals surface area contributed by atoms with Crippen molar-refractivity contribution in [1.82, 2.24) is 0 Å². The van der Waals surface area contributed by atoms with Crippen molar-refractivity contribution in [2.24, 2.45) is 4.99 Å². The van der Waals surface area contributed by atoms with E-state index in [-0.39, 0.29) is 5.60 Å². The van der Waals surface area contributed by atoms with Crippen molar-refractivity contribution in [2.45, 2.75) is 37.7 Å². The molecule has 0 saturated carbocycles. The molecule has 1 heterocycles. The minimum atomic E-state index is -0.377. The molecule has 1 unspecified atom stereocenters. The van der Waals surface area contributed by atoms with Crippen molar-refractivity contribution in [3.05, 3.63) is 89.0 Å². The third-order valence-electron chi connectivity index (χ3n) is 6.33. The molecule has 0 saturated heterocycles. The van der Waals surface area contributed by atoms with Crippen molar-refractivity contribution in [3.8, 4) is 29.1 Å². The van der Waals surface area contributed by atoms with Crippen molar-refractivity contribution < 1.29 is 4.74 Å². The van der Waals surface area contributed by atoms with Gasteiger partial charge in [0.2, 0.25) is 6.19 Å². The second-order valence-corrected chi connectivity index (χ2v) is 8.32. The lowest BCUT2D eigenvalue weighted by Crippen LogP contribution is -2.44. The van der Waals surface area contributed by atoms with Crippen LogP contribution in [0.15, 0.2) is 71.7 Å². The Hall–Kier alpha value is -3.89. The lowest BCUT2D eigenvalue weighted by atomic mass is 9.82. The van der Waals surface area contributed by atoms with E-state index in [9.17, 15) is 10.5 Å². The smallest absolute Gasteiger partial charge is 0.205 e. The lowest BCUT2D eigenvalue weighted by molar-refractivity contribution is 0.0619. The highest BCUT2D eigenvalue weighted by atomic mass is 16.5. The molecule has 4 heteroatoms. The summed E-state index contributed by atoms with van der Waals surface area (Å²) in [7, 11) is 0. The first-order chi connectivity index (χ1) is 15.2. The van der Waals surface area contributed by atoms with E-state index in [4.69, 9.17) is 4.74 Å². The number of hydrogen-bond acceptors (Lipinski definition) is 4. The first-order valence-electron chi connectivity index (χ1n) is 10.6. The molecular formula is C27H21N3O. The molecule has 0 bridgehead atoms. The number of ether oxygens (including phenoxy) is 1. The Morgan fingerprint density at radius 3 is 2.55 bits per heavy atom. The summed E-state index contributed by atoms with van der Waals surface area (Å²) in [4.78, 5) is 4.22. The maximum atomic E-state index is 9.38. The average Bonchev–Trinajstić information content (AvgIpc) is 2.97. The van der Waals surface area contributed by atoms with Gasteiger partial charge < -0.3 is 4.74 Å². The number of aliphatic imine (C=N–C) groups is 1. The molecule has 0 amide bonds. The quantitative estimate of drug-likeness (QED) is 0.497. The van der Waals surface area contributed by atoms with Crippen LogP contribution < -0.4 is 4.74 Å². The van der Waals surface area contributed by atoms with E-state index in [1.54, 1.807) is 6.07 Å². The number of benzene rings is 3. The van der Waals surface area contributed by atoms with Crippen LogP contribution in [0.1, 0.15) is 41.5 Å². The maximum Gasteiger partial charge on any atom is 0.205 e. The van der Waals surface area contributed by atoms with Crippen LogP contribution in [0.3, 0.4) is 0 Å². The Bertz CT molecular complexity index is 1280. The Balaban J connectivity index is 1.56. The Morgan fingerprint density at radius 1 is 0.871 bits per heavy atom. The summed E-state index contributed by atoms with van der Waals surface area (Å²) in [5, 5.41) is 18.6. The summed E-state index contributed by atoms with van der Waals surface area (Å²) in [6.45, 7) is 0. The third kappa shape index (κ3) is 3.58. The normalized spacial score (nSPS) is 20.6. The minimum Gasteiger partial charge on any atom is -0.486 e. The number of fused-ring (bicyclic) bond motifs is 2. The van der Waals surface area contributed by atoms with Gasteiger partial charge in [0.1, 0.15) is 11.4 Å². The SMILES string of the molecule is N#CN=C1CC2(CCCc3ccccc3C2)Oc2ccc(-c3cccc(C#N)c3)cc21. The topological polar surface area (TPSA) is 69.2 Å². The van der Waals surface area contributed by atoms with Gasteiger partial charge in [-0.05, 0) is 65.8 Å². The number of rotatable bonds is 1. The van der Waals surface area contributed by atoms with Crippen LogP contribution in [-0.4, -0.2) is 11.3 Å². The number of hydrogen-bond donors (Lipinski definition) is 0. The molecule has 5 rings (SSSR count). The Morgan fingerprint density at radius 2 is 1.71 bits per heavy atom. The zero-order valence-corrected chi connectivity index (χ0v) is 17.1. The van der Waals surface area contributed by atoms with Crippen LogP contribution in [0.25, 0.3) is 11.1 Å². The van der Waals surface area contributed by atoms with Crippen LogP contribution in [-0.2, 0) is 12.8 Å². The fourth-order valence-electron chi connectivity index (χ4n) is 4.87. The van der Waals surface area contributed by atoms with Gasteiger partial charge in [-0.25, -0.2) is 0 Å². The Kier molecular flexibility index (Phi) is 4.77. The maximum absolute atomic E-state index is 9.38. The molecule has 4 nitrogen and oxygen atoms in total. The monoisotopic (exact) mass is 403 g/mol. The van der Waals surface area contributed by atoms with E-state index >= 15 is 0 Å². The van der Waals surface area contributed by atoms with Crippen LogP contribution in [0.2, 0.25) is 0 Å². The number of aryl methyl sites for hydroxylation is 1. The molecule has 1 atom stereocenters. The van der Waals surface area contributed by atoms with E-state index in [1.807, 2.05) is 42.6 Å².